The zero-order chi connectivity index (χ0) is 17.8. The van der Waals surface area contributed by atoms with Gasteiger partial charge in [0.05, 0.1) is 11.7 Å². The smallest absolute Gasteiger partial charge is 0.271 e. The highest BCUT2D eigenvalue weighted by Crippen LogP contribution is 2.22. The van der Waals surface area contributed by atoms with Crippen molar-refractivity contribution in [2.45, 2.75) is 6.04 Å². The van der Waals surface area contributed by atoms with E-state index in [0.29, 0.717) is 25.3 Å². The summed E-state index contributed by atoms with van der Waals surface area (Å²) in [6.07, 6.45) is 7.87. The van der Waals surface area contributed by atoms with E-state index in [1.165, 1.54) is 12.4 Å². The van der Waals surface area contributed by atoms with E-state index >= 15 is 0 Å². The maximum atomic E-state index is 12.2. The first-order chi connectivity index (χ1) is 12.1. The molecule has 8 heteroatoms. The van der Waals surface area contributed by atoms with Crippen molar-refractivity contribution in [3.8, 4) is 11.3 Å². The number of rotatable bonds is 5. The molecule has 130 valence electrons. The molecule has 3 heterocycles. The molecular formula is C17H20N6O2. The lowest BCUT2D eigenvalue weighted by molar-refractivity contribution is -0.130. The van der Waals surface area contributed by atoms with Crippen LogP contribution in [0.1, 0.15) is 0 Å². The van der Waals surface area contributed by atoms with Gasteiger partial charge in [0.15, 0.2) is 0 Å². The van der Waals surface area contributed by atoms with Crippen molar-refractivity contribution in [1.82, 2.24) is 19.9 Å². The molecule has 25 heavy (non-hydrogen) atoms. The van der Waals surface area contributed by atoms with Gasteiger partial charge < -0.3 is 20.5 Å². The summed E-state index contributed by atoms with van der Waals surface area (Å²) in [6, 6.07) is 3.68. The topological polar surface area (TPSA) is 108 Å². The summed E-state index contributed by atoms with van der Waals surface area (Å²) < 4.78 is 0. The molecular weight excluding hydrogens is 320 g/mol. The van der Waals surface area contributed by atoms with Crippen LogP contribution in [0.5, 0.6) is 0 Å². The number of hydrogen-bond acceptors (Lipinski definition) is 6. The molecule has 0 radical (unpaired) electrons. The lowest BCUT2D eigenvalue weighted by Gasteiger charge is -2.44. The van der Waals surface area contributed by atoms with E-state index in [1.807, 2.05) is 11.9 Å². The third-order valence-corrected chi connectivity index (χ3v) is 4.26. The number of nitrogens with one attached hydrogen (secondary N) is 1. The van der Waals surface area contributed by atoms with Crippen molar-refractivity contribution in [2.75, 3.05) is 31.6 Å². The van der Waals surface area contributed by atoms with Crippen LogP contribution in [0.2, 0.25) is 0 Å². The van der Waals surface area contributed by atoms with E-state index in [4.69, 9.17) is 5.73 Å². The van der Waals surface area contributed by atoms with Crippen LogP contribution in [0, 0.1) is 0 Å². The fraction of sp³-hybridized carbons (Fsp3) is 0.294. The van der Waals surface area contributed by atoms with Gasteiger partial charge in [-0.15, -0.1) is 0 Å². The van der Waals surface area contributed by atoms with Gasteiger partial charge in [-0.3, -0.25) is 9.59 Å². The summed E-state index contributed by atoms with van der Waals surface area (Å²) in [5.41, 5.74) is 7.27. The van der Waals surface area contributed by atoms with E-state index in [2.05, 4.69) is 15.0 Å². The highest BCUT2D eigenvalue weighted by Gasteiger charge is 2.33. The van der Waals surface area contributed by atoms with Crippen molar-refractivity contribution in [1.29, 1.82) is 0 Å². The van der Waals surface area contributed by atoms with Crippen LogP contribution >= 0.6 is 0 Å². The fourth-order valence-corrected chi connectivity index (χ4v) is 2.69. The number of likely N-dealkylation sites (tertiary alicyclic amines) is 1. The second kappa shape index (κ2) is 7.27. The summed E-state index contributed by atoms with van der Waals surface area (Å²) in [4.78, 5) is 38.6. The molecule has 2 aromatic heterocycles. The quantitative estimate of drug-likeness (QED) is 0.742. The molecule has 3 rings (SSSR count). The first-order valence-electron chi connectivity index (χ1n) is 7.97. The Kier molecular flexibility index (Phi) is 4.90. The Hall–Kier alpha value is -3.00. The van der Waals surface area contributed by atoms with E-state index in [-0.39, 0.29) is 17.5 Å². The molecule has 0 bridgehead atoms. The normalized spacial score (nSPS) is 14.6. The number of anilines is 1. The summed E-state index contributed by atoms with van der Waals surface area (Å²) in [6.45, 7) is 1.48. The first kappa shape index (κ1) is 16.8. The number of H-pyrrole nitrogens is 1. The first-order valence-corrected chi connectivity index (χ1v) is 7.97. The van der Waals surface area contributed by atoms with Crippen molar-refractivity contribution in [3.05, 3.63) is 53.4 Å². The largest absolute Gasteiger partial charge is 0.364 e. The molecule has 8 nitrogen and oxygen atoms in total. The van der Waals surface area contributed by atoms with Gasteiger partial charge in [0.25, 0.3) is 5.56 Å². The summed E-state index contributed by atoms with van der Waals surface area (Å²) >= 11 is 0. The summed E-state index contributed by atoms with van der Waals surface area (Å²) in [5, 5.41) is 0. The zero-order valence-electron chi connectivity index (χ0n) is 13.9. The van der Waals surface area contributed by atoms with Crippen molar-refractivity contribution >= 4 is 11.6 Å². The predicted molar refractivity (Wildman–Crippen MR) is 95.1 cm³/mol. The highest BCUT2D eigenvalue weighted by molar-refractivity contribution is 5.88. The van der Waals surface area contributed by atoms with Crippen LogP contribution in [-0.4, -0.2) is 58.5 Å². The van der Waals surface area contributed by atoms with Crippen LogP contribution in [0.25, 0.3) is 11.3 Å². The maximum absolute atomic E-state index is 12.2. The molecule has 2 aromatic rings. The number of nitrogens with zero attached hydrogens (tertiary/aromatic N) is 4. The number of aromatic nitrogens is 3. The second-order valence-corrected chi connectivity index (χ2v) is 5.84. The maximum Gasteiger partial charge on any atom is 0.271 e. The molecule has 1 aliphatic rings. The lowest BCUT2D eigenvalue weighted by Crippen LogP contribution is -2.60. The minimum atomic E-state index is -0.173. The van der Waals surface area contributed by atoms with E-state index in [9.17, 15) is 9.59 Å². The minimum absolute atomic E-state index is 0.0567. The summed E-state index contributed by atoms with van der Waals surface area (Å²) in [5.74, 6) is -0.0567. The number of pyridine rings is 1. The molecule has 1 fully saturated rings. The van der Waals surface area contributed by atoms with E-state index < -0.39 is 0 Å². The Morgan fingerprint density at radius 1 is 1.52 bits per heavy atom. The van der Waals surface area contributed by atoms with Crippen LogP contribution in [0.3, 0.4) is 0 Å². The number of carbonyl (C=O) groups is 1. The van der Waals surface area contributed by atoms with Crippen LogP contribution in [-0.2, 0) is 4.79 Å². The molecule has 3 N–H and O–H groups in total. The molecule has 0 aliphatic carbocycles. The molecule has 0 saturated carbocycles. The van der Waals surface area contributed by atoms with E-state index in [0.717, 1.165) is 11.3 Å². The number of likely N-dealkylation sites (N-methyl/N-ethyl adjacent to an activating group) is 1. The average molecular weight is 340 g/mol. The third kappa shape index (κ3) is 3.58. The number of aromatic amines is 1. The summed E-state index contributed by atoms with van der Waals surface area (Å²) in [7, 11) is 1.86. The molecule has 1 aliphatic heterocycles. The number of nitrogens with two attached hydrogens (primary N) is 1. The highest BCUT2D eigenvalue weighted by atomic mass is 16.2. The van der Waals surface area contributed by atoms with Gasteiger partial charge >= 0.3 is 0 Å². The van der Waals surface area contributed by atoms with Crippen LogP contribution < -0.4 is 16.2 Å². The van der Waals surface area contributed by atoms with Gasteiger partial charge in [-0.05, 0) is 12.1 Å². The van der Waals surface area contributed by atoms with Gasteiger partial charge in [-0.1, -0.05) is 6.08 Å². The standard InChI is InChI=1S/C17H20N6O2/c1-22(13-9-23(10-13)16(24)3-2-5-18)15-7-12(8-20-17(15)25)14-4-6-19-11-21-14/h2-4,6-8,11,13H,5,9-10,18H2,1H3,(H,20,25). The Morgan fingerprint density at radius 2 is 2.32 bits per heavy atom. The Labute approximate surface area is 145 Å². The molecule has 0 spiro atoms. The van der Waals surface area contributed by atoms with Gasteiger partial charge in [-0.2, -0.15) is 0 Å². The Balaban J connectivity index is 1.73. The van der Waals surface area contributed by atoms with Crippen LogP contribution in [0.15, 0.2) is 47.8 Å². The van der Waals surface area contributed by atoms with Crippen molar-refractivity contribution in [3.63, 3.8) is 0 Å². The zero-order valence-corrected chi connectivity index (χ0v) is 13.9. The molecule has 1 amide bonds. The van der Waals surface area contributed by atoms with Crippen molar-refractivity contribution < 1.29 is 4.79 Å². The Bertz CT molecular complexity index is 827. The second-order valence-electron chi connectivity index (χ2n) is 5.84. The number of carbonyl (C=O) groups excluding carboxylic acids is 1. The van der Waals surface area contributed by atoms with E-state index in [1.54, 1.807) is 35.5 Å². The minimum Gasteiger partial charge on any atom is -0.364 e. The average Bonchev–Trinajstić information content (AvgIpc) is 2.59. The number of hydrogen-bond donors (Lipinski definition) is 2. The SMILES string of the molecule is CN(c1cc(-c2ccncn2)c[nH]c1=O)C1CN(C(=O)C=CCN)C1. The predicted octanol–water partition coefficient (Wildman–Crippen LogP) is -0.00620. The van der Waals surface area contributed by atoms with Gasteiger partial charge in [0, 0.05) is 50.7 Å². The number of amides is 1. The van der Waals surface area contributed by atoms with Crippen LogP contribution in [0.4, 0.5) is 5.69 Å². The Morgan fingerprint density at radius 3 is 3.00 bits per heavy atom. The molecule has 1 saturated heterocycles. The fourth-order valence-electron chi connectivity index (χ4n) is 2.69. The van der Waals surface area contributed by atoms with Crippen molar-refractivity contribution in [2.24, 2.45) is 5.73 Å². The molecule has 0 atom stereocenters. The lowest BCUT2D eigenvalue weighted by atomic mass is 10.1. The molecule has 0 aromatic carbocycles. The van der Waals surface area contributed by atoms with Gasteiger partial charge in [0.1, 0.15) is 12.0 Å². The third-order valence-electron chi connectivity index (χ3n) is 4.26. The van der Waals surface area contributed by atoms with Gasteiger partial charge in [0.2, 0.25) is 5.91 Å². The monoisotopic (exact) mass is 340 g/mol. The molecule has 0 unspecified atom stereocenters. The van der Waals surface area contributed by atoms with Gasteiger partial charge in [-0.25, -0.2) is 9.97 Å².